The van der Waals surface area contributed by atoms with E-state index in [9.17, 15) is 4.79 Å². The number of rotatable bonds is 8. The molecule has 0 saturated heterocycles. The average Bonchev–Trinajstić information content (AvgIpc) is 2.61. The van der Waals surface area contributed by atoms with Crippen molar-refractivity contribution in [1.29, 1.82) is 0 Å². The van der Waals surface area contributed by atoms with Crippen LogP contribution in [0.5, 0.6) is 11.5 Å². The third kappa shape index (κ3) is 5.40. The van der Waals surface area contributed by atoms with Crippen molar-refractivity contribution in [2.75, 3.05) is 13.2 Å². The van der Waals surface area contributed by atoms with Crippen LogP contribution in [-0.2, 0) is 4.79 Å². The van der Waals surface area contributed by atoms with E-state index in [4.69, 9.17) is 21.1 Å². The van der Waals surface area contributed by atoms with Gasteiger partial charge in [-0.15, -0.1) is 0 Å². The molecule has 0 saturated carbocycles. The Labute approximate surface area is 154 Å². The van der Waals surface area contributed by atoms with Crippen molar-refractivity contribution in [2.24, 2.45) is 0 Å². The lowest BCUT2D eigenvalue weighted by Crippen LogP contribution is -2.39. The minimum atomic E-state index is -0.527. The molecule has 2 aromatic carbocycles. The summed E-state index contributed by atoms with van der Waals surface area (Å²) in [6.07, 6.45) is 0.0609. The van der Waals surface area contributed by atoms with Gasteiger partial charge in [-0.3, -0.25) is 4.79 Å². The molecule has 0 aromatic heterocycles. The normalized spacial score (nSPS) is 11.7. The zero-order valence-corrected chi connectivity index (χ0v) is 15.6. The van der Waals surface area contributed by atoms with Crippen LogP contribution >= 0.6 is 11.6 Å². The average molecular weight is 362 g/mol. The molecule has 0 radical (unpaired) electrons. The monoisotopic (exact) mass is 361 g/mol. The van der Waals surface area contributed by atoms with E-state index in [-0.39, 0.29) is 5.91 Å². The van der Waals surface area contributed by atoms with E-state index in [1.54, 1.807) is 12.1 Å². The number of nitrogens with one attached hydrogen (secondary N) is 1. The Morgan fingerprint density at radius 3 is 2.56 bits per heavy atom. The molecule has 0 spiro atoms. The van der Waals surface area contributed by atoms with E-state index in [0.717, 1.165) is 16.9 Å². The topological polar surface area (TPSA) is 47.6 Å². The second-order valence-corrected chi connectivity index (χ2v) is 6.19. The summed E-state index contributed by atoms with van der Waals surface area (Å²) in [4.78, 5) is 12.3. The number of ether oxygens (including phenoxy) is 2. The highest BCUT2D eigenvalue weighted by Crippen LogP contribution is 2.23. The lowest BCUT2D eigenvalue weighted by Gasteiger charge is -2.19. The number of hydrogen-bond donors (Lipinski definition) is 1. The van der Waals surface area contributed by atoms with Gasteiger partial charge in [0.25, 0.3) is 5.91 Å². The summed E-state index contributed by atoms with van der Waals surface area (Å²) in [7, 11) is 0. The maximum atomic E-state index is 12.3. The van der Waals surface area contributed by atoms with E-state index in [1.807, 2.05) is 51.1 Å². The van der Waals surface area contributed by atoms with Crippen LogP contribution in [0.15, 0.2) is 42.5 Å². The summed E-state index contributed by atoms with van der Waals surface area (Å²) in [5, 5.41) is 3.40. The first-order valence-corrected chi connectivity index (χ1v) is 8.78. The number of aryl methyl sites for hydroxylation is 1. The Morgan fingerprint density at radius 2 is 1.84 bits per heavy atom. The van der Waals surface area contributed by atoms with Gasteiger partial charge in [0.1, 0.15) is 18.1 Å². The Hall–Kier alpha value is -2.20. The predicted molar refractivity (Wildman–Crippen MR) is 101 cm³/mol. The molecular formula is C20H24ClNO3. The summed E-state index contributed by atoms with van der Waals surface area (Å²) in [6, 6.07) is 13.1. The van der Waals surface area contributed by atoms with Gasteiger partial charge in [-0.2, -0.15) is 0 Å². The molecule has 1 unspecified atom stereocenters. The molecule has 1 amide bonds. The molecule has 1 atom stereocenters. The van der Waals surface area contributed by atoms with Crippen molar-refractivity contribution in [1.82, 2.24) is 5.32 Å². The van der Waals surface area contributed by atoms with E-state index in [0.29, 0.717) is 30.3 Å². The Kier molecular flexibility index (Phi) is 7.14. The van der Waals surface area contributed by atoms with E-state index >= 15 is 0 Å². The first-order chi connectivity index (χ1) is 12.0. The van der Waals surface area contributed by atoms with Crippen LogP contribution in [0, 0.1) is 13.8 Å². The fraction of sp³-hybridized carbons (Fsp3) is 0.350. The Bertz CT molecular complexity index is 718. The molecule has 1 N–H and O–H groups in total. The van der Waals surface area contributed by atoms with Gasteiger partial charge in [0.15, 0.2) is 6.10 Å². The van der Waals surface area contributed by atoms with Crippen molar-refractivity contribution < 1.29 is 14.3 Å². The number of para-hydroxylation sites is 1. The van der Waals surface area contributed by atoms with E-state index < -0.39 is 6.10 Å². The summed E-state index contributed by atoms with van der Waals surface area (Å²) < 4.78 is 11.5. The third-order valence-corrected chi connectivity index (χ3v) is 4.30. The van der Waals surface area contributed by atoms with Crippen LogP contribution in [0.2, 0.25) is 5.02 Å². The standard InChI is InChI=1S/C20H24ClNO3/c1-4-17(25-18-11-7-8-14(2)15(18)3)20(23)22-12-13-24-19-10-6-5-9-16(19)21/h5-11,17H,4,12-13H2,1-3H3,(H,22,23). The molecule has 4 nitrogen and oxygen atoms in total. The zero-order valence-electron chi connectivity index (χ0n) is 14.8. The van der Waals surface area contributed by atoms with Crippen molar-refractivity contribution in [2.45, 2.75) is 33.3 Å². The first kappa shape index (κ1) is 19.1. The van der Waals surface area contributed by atoms with Crippen LogP contribution < -0.4 is 14.8 Å². The van der Waals surface area contributed by atoms with Gasteiger partial charge in [0.05, 0.1) is 11.6 Å². The number of carbonyl (C=O) groups excluding carboxylic acids is 1. The molecule has 0 aliphatic carbocycles. The van der Waals surface area contributed by atoms with Crippen LogP contribution in [0.3, 0.4) is 0 Å². The minimum Gasteiger partial charge on any atom is -0.490 e. The molecule has 2 aromatic rings. The lowest BCUT2D eigenvalue weighted by molar-refractivity contribution is -0.128. The molecular weight excluding hydrogens is 338 g/mol. The van der Waals surface area contributed by atoms with Crippen LogP contribution in [0.25, 0.3) is 0 Å². The van der Waals surface area contributed by atoms with Gasteiger partial charge in [-0.05, 0) is 49.6 Å². The largest absolute Gasteiger partial charge is 0.490 e. The van der Waals surface area contributed by atoms with Crippen LogP contribution in [-0.4, -0.2) is 25.2 Å². The number of benzene rings is 2. The summed E-state index contributed by atoms with van der Waals surface area (Å²) in [5.41, 5.74) is 2.19. The van der Waals surface area contributed by atoms with Crippen LogP contribution in [0.4, 0.5) is 0 Å². The van der Waals surface area contributed by atoms with Gasteiger partial charge >= 0.3 is 0 Å². The Balaban J connectivity index is 1.83. The number of amides is 1. The summed E-state index contributed by atoms with van der Waals surface area (Å²) >= 11 is 6.02. The van der Waals surface area contributed by atoms with Gasteiger partial charge in [0, 0.05) is 0 Å². The molecule has 0 aliphatic rings. The van der Waals surface area contributed by atoms with Crippen molar-refractivity contribution in [3.63, 3.8) is 0 Å². The number of hydrogen-bond acceptors (Lipinski definition) is 3. The Morgan fingerprint density at radius 1 is 1.12 bits per heavy atom. The highest BCUT2D eigenvalue weighted by atomic mass is 35.5. The van der Waals surface area contributed by atoms with Crippen molar-refractivity contribution in [3.8, 4) is 11.5 Å². The molecule has 25 heavy (non-hydrogen) atoms. The maximum Gasteiger partial charge on any atom is 0.261 e. The fourth-order valence-electron chi connectivity index (χ4n) is 2.34. The zero-order chi connectivity index (χ0) is 18.2. The van der Waals surface area contributed by atoms with Crippen LogP contribution in [0.1, 0.15) is 24.5 Å². The number of carbonyl (C=O) groups is 1. The molecule has 5 heteroatoms. The highest BCUT2D eigenvalue weighted by Gasteiger charge is 2.19. The molecule has 134 valence electrons. The smallest absolute Gasteiger partial charge is 0.261 e. The molecule has 2 rings (SSSR count). The SMILES string of the molecule is CCC(Oc1cccc(C)c1C)C(=O)NCCOc1ccccc1Cl. The first-order valence-electron chi connectivity index (χ1n) is 8.40. The minimum absolute atomic E-state index is 0.147. The van der Waals surface area contributed by atoms with Crippen molar-refractivity contribution >= 4 is 17.5 Å². The molecule has 0 heterocycles. The number of halogens is 1. The predicted octanol–water partition coefficient (Wildman–Crippen LogP) is 4.31. The molecule has 0 aliphatic heterocycles. The second-order valence-electron chi connectivity index (χ2n) is 5.78. The van der Waals surface area contributed by atoms with E-state index in [2.05, 4.69) is 5.32 Å². The lowest BCUT2D eigenvalue weighted by atomic mass is 10.1. The van der Waals surface area contributed by atoms with Crippen molar-refractivity contribution in [3.05, 3.63) is 58.6 Å². The van der Waals surface area contributed by atoms with Gasteiger partial charge in [-0.25, -0.2) is 0 Å². The van der Waals surface area contributed by atoms with Gasteiger partial charge in [0.2, 0.25) is 0 Å². The summed E-state index contributed by atoms with van der Waals surface area (Å²) in [5.74, 6) is 1.21. The summed E-state index contributed by atoms with van der Waals surface area (Å²) in [6.45, 7) is 6.67. The fourth-order valence-corrected chi connectivity index (χ4v) is 2.53. The third-order valence-electron chi connectivity index (χ3n) is 3.98. The quantitative estimate of drug-likeness (QED) is 0.713. The molecule has 0 fully saturated rings. The van der Waals surface area contributed by atoms with Gasteiger partial charge < -0.3 is 14.8 Å². The van der Waals surface area contributed by atoms with Gasteiger partial charge in [-0.1, -0.05) is 42.8 Å². The highest BCUT2D eigenvalue weighted by molar-refractivity contribution is 6.32. The molecule has 0 bridgehead atoms. The van der Waals surface area contributed by atoms with E-state index in [1.165, 1.54) is 0 Å². The maximum absolute atomic E-state index is 12.3. The second kappa shape index (κ2) is 9.33.